The van der Waals surface area contributed by atoms with Crippen LogP contribution in [0.2, 0.25) is 0 Å². The second kappa shape index (κ2) is 7.37. The van der Waals surface area contributed by atoms with Gasteiger partial charge in [-0.25, -0.2) is 0 Å². The van der Waals surface area contributed by atoms with Gasteiger partial charge in [0.05, 0.1) is 0 Å². The van der Waals surface area contributed by atoms with Crippen molar-refractivity contribution in [3.8, 4) is 0 Å². The third kappa shape index (κ3) is 5.30. The van der Waals surface area contributed by atoms with Crippen LogP contribution < -0.4 is 0 Å². The van der Waals surface area contributed by atoms with Gasteiger partial charge in [0, 0.05) is 13.2 Å². The molecule has 0 unspecified atom stereocenters. The zero-order valence-corrected chi connectivity index (χ0v) is 9.06. The second-order valence-corrected chi connectivity index (χ2v) is 4.26. The SMILES string of the molecule is CCCCOCCC1CCCCC1. The summed E-state index contributed by atoms with van der Waals surface area (Å²) in [6.07, 6.45) is 11.1. The molecule has 0 bridgehead atoms. The van der Waals surface area contributed by atoms with Gasteiger partial charge in [-0.1, -0.05) is 45.4 Å². The Morgan fingerprint density at radius 1 is 1.08 bits per heavy atom. The first kappa shape index (κ1) is 11.0. The highest BCUT2D eigenvalue weighted by atomic mass is 16.5. The van der Waals surface area contributed by atoms with Crippen molar-refractivity contribution in [3.05, 3.63) is 0 Å². The zero-order valence-electron chi connectivity index (χ0n) is 9.06. The zero-order chi connectivity index (χ0) is 9.36. The van der Waals surface area contributed by atoms with E-state index in [1.807, 2.05) is 0 Å². The number of hydrogen-bond acceptors (Lipinski definition) is 1. The van der Waals surface area contributed by atoms with Crippen molar-refractivity contribution < 1.29 is 4.74 Å². The van der Waals surface area contributed by atoms with Crippen LogP contribution in [0.5, 0.6) is 0 Å². The lowest BCUT2D eigenvalue weighted by Crippen LogP contribution is -2.09. The minimum atomic E-state index is 0.975. The van der Waals surface area contributed by atoms with Gasteiger partial charge in [0.25, 0.3) is 0 Å². The van der Waals surface area contributed by atoms with Gasteiger partial charge < -0.3 is 4.74 Å². The quantitative estimate of drug-likeness (QED) is 0.571. The smallest absolute Gasteiger partial charge is 0.0468 e. The van der Waals surface area contributed by atoms with Crippen LogP contribution in [-0.2, 0) is 4.74 Å². The Morgan fingerprint density at radius 2 is 1.85 bits per heavy atom. The Balaban J connectivity index is 1.86. The molecule has 0 aliphatic heterocycles. The summed E-state index contributed by atoms with van der Waals surface area (Å²) >= 11 is 0. The first-order chi connectivity index (χ1) is 6.43. The predicted molar refractivity (Wildman–Crippen MR) is 56.9 cm³/mol. The highest BCUT2D eigenvalue weighted by Crippen LogP contribution is 2.25. The number of ether oxygens (including phenoxy) is 1. The van der Waals surface area contributed by atoms with Crippen molar-refractivity contribution in [2.45, 2.75) is 58.3 Å². The molecule has 1 rings (SSSR count). The van der Waals surface area contributed by atoms with E-state index in [1.165, 1.54) is 51.4 Å². The van der Waals surface area contributed by atoms with Crippen molar-refractivity contribution in [2.24, 2.45) is 5.92 Å². The topological polar surface area (TPSA) is 9.23 Å². The van der Waals surface area contributed by atoms with E-state index < -0.39 is 0 Å². The van der Waals surface area contributed by atoms with Crippen molar-refractivity contribution in [1.29, 1.82) is 0 Å². The second-order valence-electron chi connectivity index (χ2n) is 4.26. The van der Waals surface area contributed by atoms with E-state index in [4.69, 9.17) is 4.74 Å². The molecule has 0 aromatic carbocycles. The molecule has 1 aliphatic rings. The molecule has 1 fully saturated rings. The number of hydrogen-bond donors (Lipinski definition) is 0. The Morgan fingerprint density at radius 3 is 2.54 bits per heavy atom. The minimum Gasteiger partial charge on any atom is -0.381 e. The number of unbranched alkanes of at least 4 members (excludes halogenated alkanes) is 1. The van der Waals surface area contributed by atoms with Crippen molar-refractivity contribution >= 4 is 0 Å². The molecule has 78 valence electrons. The molecule has 1 heteroatoms. The molecule has 0 atom stereocenters. The summed E-state index contributed by atoms with van der Waals surface area (Å²) in [6, 6.07) is 0. The molecule has 0 heterocycles. The standard InChI is InChI=1S/C12H24O/c1-2-3-10-13-11-9-12-7-5-4-6-8-12/h12H,2-11H2,1H3. The van der Waals surface area contributed by atoms with E-state index in [9.17, 15) is 0 Å². The monoisotopic (exact) mass is 184 g/mol. The van der Waals surface area contributed by atoms with Crippen LogP contribution in [0.15, 0.2) is 0 Å². The van der Waals surface area contributed by atoms with Gasteiger partial charge in [-0.3, -0.25) is 0 Å². The first-order valence-electron chi connectivity index (χ1n) is 6.01. The van der Waals surface area contributed by atoms with E-state index in [2.05, 4.69) is 6.92 Å². The highest BCUT2D eigenvalue weighted by molar-refractivity contribution is 4.65. The van der Waals surface area contributed by atoms with Crippen molar-refractivity contribution in [3.63, 3.8) is 0 Å². The molecule has 0 aromatic heterocycles. The fraction of sp³-hybridized carbons (Fsp3) is 1.00. The maximum Gasteiger partial charge on any atom is 0.0468 e. The van der Waals surface area contributed by atoms with Crippen LogP contribution in [0.1, 0.15) is 58.3 Å². The van der Waals surface area contributed by atoms with Crippen LogP contribution in [0.25, 0.3) is 0 Å². The van der Waals surface area contributed by atoms with E-state index >= 15 is 0 Å². The molecule has 0 N–H and O–H groups in total. The van der Waals surface area contributed by atoms with Crippen LogP contribution in [-0.4, -0.2) is 13.2 Å². The maximum atomic E-state index is 5.58. The largest absolute Gasteiger partial charge is 0.381 e. The van der Waals surface area contributed by atoms with Gasteiger partial charge in [-0.15, -0.1) is 0 Å². The average molecular weight is 184 g/mol. The van der Waals surface area contributed by atoms with Gasteiger partial charge in [-0.05, 0) is 18.8 Å². The Hall–Kier alpha value is -0.0400. The first-order valence-corrected chi connectivity index (χ1v) is 6.01. The van der Waals surface area contributed by atoms with Crippen LogP contribution in [0.4, 0.5) is 0 Å². The predicted octanol–water partition coefficient (Wildman–Crippen LogP) is 3.77. The number of rotatable bonds is 6. The van der Waals surface area contributed by atoms with E-state index in [0.717, 1.165) is 19.1 Å². The van der Waals surface area contributed by atoms with E-state index in [-0.39, 0.29) is 0 Å². The van der Waals surface area contributed by atoms with Gasteiger partial charge in [0.1, 0.15) is 0 Å². The maximum absolute atomic E-state index is 5.58. The Kier molecular flexibility index (Phi) is 6.26. The third-order valence-corrected chi connectivity index (χ3v) is 3.04. The molecule has 0 spiro atoms. The molecular formula is C12H24O. The summed E-state index contributed by atoms with van der Waals surface area (Å²) in [5.41, 5.74) is 0. The minimum absolute atomic E-state index is 0.975. The molecular weight excluding hydrogens is 160 g/mol. The molecule has 0 radical (unpaired) electrons. The highest BCUT2D eigenvalue weighted by Gasteiger charge is 2.12. The lowest BCUT2D eigenvalue weighted by Gasteiger charge is -2.21. The van der Waals surface area contributed by atoms with Gasteiger partial charge in [0.2, 0.25) is 0 Å². The lowest BCUT2D eigenvalue weighted by atomic mass is 9.87. The van der Waals surface area contributed by atoms with Crippen LogP contribution in [0, 0.1) is 5.92 Å². The van der Waals surface area contributed by atoms with E-state index in [0.29, 0.717) is 0 Å². The van der Waals surface area contributed by atoms with Crippen LogP contribution >= 0.6 is 0 Å². The fourth-order valence-corrected chi connectivity index (χ4v) is 2.07. The van der Waals surface area contributed by atoms with Gasteiger partial charge >= 0.3 is 0 Å². The average Bonchev–Trinajstić information content (AvgIpc) is 2.19. The van der Waals surface area contributed by atoms with Gasteiger partial charge in [0.15, 0.2) is 0 Å². The normalized spacial score (nSPS) is 19.2. The van der Waals surface area contributed by atoms with Gasteiger partial charge in [-0.2, -0.15) is 0 Å². The lowest BCUT2D eigenvalue weighted by molar-refractivity contribution is 0.111. The van der Waals surface area contributed by atoms with Crippen molar-refractivity contribution in [2.75, 3.05) is 13.2 Å². The summed E-state index contributed by atoms with van der Waals surface area (Å²) in [4.78, 5) is 0. The summed E-state index contributed by atoms with van der Waals surface area (Å²) in [5, 5.41) is 0. The molecule has 0 saturated heterocycles. The summed E-state index contributed by atoms with van der Waals surface area (Å²) in [5.74, 6) is 0.982. The van der Waals surface area contributed by atoms with Crippen molar-refractivity contribution in [1.82, 2.24) is 0 Å². The fourth-order valence-electron chi connectivity index (χ4n) is 2.07. The molecule has 1 aliphatic carbocycles. The summed E-state index contributed by atoms with van der Waals surface area (Å²) in [6.45, 7) is 4.19. The summed E-state index contributed by atoms with van der Waals surface area (Å²) in [7, 11) is 0. The third-order valence-electron chi connectivity index (χ3n) is 3.04. The molecule has 1 nitrogen and oxygen atoms in total. The Labute approximate surface area is 82.9 Å². The molecule has 1 saturated carbocycles. The van der Waals surface area contributed by atoms with Crippen LogP contribution in [0.3, 0.4) is 0 Å². The van der Waals surface area contributed by atoms with E-state index in [1.54, 1.807) is 0 Å². The molecule has 13 heavy (non-hydrogen) atoms. The summed E-state index contributed by atoms with van der Waals surface area (Å²) < 4.78 is 5.58. The Bertz CT molecular complexity index is 106. The molecule has 0 amide bonds. The molecule has 0 aromatic rings.